The van der Waals surface area contributed by atoms with Gasteiger partial charge in [-0.05, 0) is 61.3 Å². The van der Waals surface area contributed by atoms with Crippen molar-refractivity contribution < 1.29 is 26.4 Å². The molecule has 1 amide bonds. The predicted molar refractivity (Wildman–Crippen MR) is 166 cm³/mol. The Morgan fingerprint density at radius 1 is 0.833 bits per heavy atom. The van der Waals surface area contributed by atoms with Gasteiger partial charge in [-0.15, -0.1) is 0 Å². The van der Waals surface area contributed by atoms with Crippen LogP contribution in [0.15, 0.2) is 76.5 Å². The number of nitrogens with one attached hydrogen (secondary N) is 3. The lowest BCUT2D eigenvalue weighted by Crippen LogP contribution is -2.25. The number of carbonyl (C=O) groups is 1. The van der Waals surface area contributed by atoms with Crippen LogP contribution in [0.25, 0.3) is 0 Å². The summed E-state index contributed by atoms with van der Waals surface area (Å²) < 4.78 is 52.4. The van der Waals surface area contributed by atoms with Crippen molar-refractivity contribution in [2.45, 2.75) is 56.4 Å². The quantitative estimate of drug-likeness (QED) is 0.168. The smallest absolute Gasteiger partial charge is 0.251 e. The van der Waals surface area contributed by atoms with E-state index in [2.05, 4.69) is 16.0 Å². The number of rotatable bonds is 14. The SMILES string of the molecule is CCCCNc1cc(C(=O)NCCC)cc(S(N)(=O)=O)c1Oc1ccccc1.CCNCc1cccc(S(N)(=O)=O)c1. The monoisotopic (exact) mass is 619 g/mol. The van der Waals surface area contributed by atoms with Crippen molar-refractivity contribution in [2.75, 3.05) is 25.0 Å². The first-order chi connectivity index (χ1) is 19.9. The Kier molecular flexibility index (Phi) is 13.9. The van der Waals surface area contributed by atoms with E-state index in [1.807, 2.05) is 32.9 Å². The summed E-state index contributed by atoms with van der Waals surface area (Å²) >= 11 is 0. The molecule has 11 nitrogen and oxygen atoms in total. The van der Waals surface area contributed by atoms with E-state index in [0.29, 0.717) is 31.1 Å². The third-order valence-corrected chi connectivity index (χ3v) is 7.60. The molecule has 3 rings (SSSR count). The average Bonchev–Trinajstić information content (AvgIpc) is 2.95. The maximum Gasteiger partial charge on any atom is 0.251 e. The van der Waals surface area contributed by atoms with E-state index in [0.717, 1.165) is 31.4 Å². The second-order valence-electron chi connectivity index (χ2n) is 9.32. The van der Waals surface area contributed by atoms with Crippen molar-refractivity contribution in [3.8, 4) is 11.5 Å². The van der Waals surface area contributed by atoms with E-state index in [1.165, 1.54) is 12.1 Å². The van der Waals surface area contributed by atoms with Gasteiger partial charge in [0.05, 0.1) is 10.6 Å². The molecule has 0 aromatic heterocycles. The normalized spacial score (nSPS) is 11.3. The number of benzene rings is 3. The lowest BCUT2D eigenvalue weighted by molar-refractivity contribution is 0.0953. The van der Waals surface area contributed by atoms with E-state index >= 15 is 0 Å². The highest BCUT2D eigenvalue weighted by molar-refractivity contribution is 7.89. The molecule has 0 heterocycles. The molecule has 13 heteroatoms. The van der Waals surface area contributed by atoms with Gasteiger partial charge >= 0.3 is 0 Å². The number of amides is 1. The van der Waals surface area contributed by atoms with Crippen LogP contribution in [0.3, 0.4) is 0 Å². The molecule has 0 fully saturated rings. The van der Waals surface area contributed by atoms with Gasteiger partial charge in [0.2, 0.25) is 20.0 Å². The van der Waals surface area contributed by atoms with Gasteiger partial charge in [0.1, 0.15) is 10.6 Å². The summed E-state index contributed by atoms with van der Waals surface area (Å²) in [5.74, 6) is 0.183. The highest BCUT2D eigenvalue weighted by atomic mass is 32.2. The van der Waals surface area contributed by atoms with E-state index in [4.69, 9.17) is 15.0 Å². The lowest BCUT2D eigenvalue weighted by Gasteiger charge is -2.18. The molecule has 0 saturated carbocycles. The molecule has 0 saturated heterocycles. The van der Waals surface area contributed by atoms with Gasteiger partial charge in [0, 0.05) is 25.2 Å². The highest BCUT2D eigenvalue weighted by Gasteiger charge is 2.23. The summed E-state index contributed by atoms with van der Waals surface area (Å²) in [5.41, 5.74) is 1.53. The van der Waals surface area contributed by atoms with Crippen LogP contribution in [-0.4, -0.2) is 42.4 Å². The fourth-order valence-corrected chi connectivity index (χ4v) is 4.91. The van der Waals surface area contributed by atoms with Crippen molar-refractivity contribution in [2.24, 2.45) is 10.3 Å². The minimum atomic E-state index is -4.13. The molecule has 0 spiro atoms. The fourth-order valence-electron chi connectivity index (χ4n) is 3.63. The van der Waals surface area contributed by atoms with Crippen LogP contribution in [0, 0.1) is 0 Å². The molecule has 42 heavy (non-hydrogen) atoms. The van der Waals surface area contributed by atoms with Crippen LogP contribution in [0.4, 0.5) is 5.69 Å². The van der Waals surface area contributed by atoms with Gasteiger partial charge in [-0.2, -0.15) is 0 Å². The summed E-state index contributed by atoms with van der Waals surface area (Å²) in [6, 6.07) is 18.3. The Morgan fingerprint density at radius 2 is 1.55 bits per heavy atom. The summed E-state index contributed by atoms with van der Waals surface area (Å²) in [4.78, 5) is 12.3. The minimum absolute atomic E-state index is 0.0804. The molecule has 3 aromatic rings. The highest BCUT2D eigenvalue weighted by Crippen LogP contribution is 2.37. The molecule has 0 aliphatic heterocycles. The average molecular weight is 620 g/mol. The van der Waals surface area contributed by atoms with Crippen molar-refractivity contribution >= 4 is 31.6 Å². The summed E-state index contributed by atoms with van der Waals surface area (Å²) in [5, 5.41) is 19.5. The van der Waals surface area contributed by atoms with Crippen molar-refractivity contribution in [3.05, 3.63) is 77.9 Å². The number of hydrogen-bond acceptors (Lipinski definition) is 8. The van der Waals surface area contributed by atoms with Gasteiger partial charge in [-0.3, -0.25) is 4.79 Å². The van der Waals surface area contributed by atoms with Crippen molar-refractivity contribution in [3.63, 3.8) is 0 Å². The number of para-hydroxylation sites is 1. The number of unbranched alkanes of at least 4 members (excludes halogenated alkanes) is 1. The van der Waals surface area contributed by atoms with Gasteiger partial charge in [-0.1, -0.05) is 57.5 Å². The van der Waals surface area contributed by atoms with Crippen LogP contribution in [0.1, 0.15) is 56.0 Å². The number of nitrogens with two attached hydrogens (primary N) is 2. The Hall–Kier alpha value is -3.49. The molecule has 7 N–H and O–H groups in total. The number of ether oxygens (including phenoxy) is 1. The van der Waals surface area contributed by atoms with E-state index in [-0.39, 0.29) is 27.0 Å². The Balaban J connectivity index is 0.000000369. The van der Waals surface area contributed by atoms with Gasteiger partial charge in [0.15, 0.2) is 5.75 Å². The Bertz CT molecular complexity index is 1510. The summed E-state index contributed by atoms with van der Waals surface area (Å²) in [6.45, 7) is 8.57. The third-order valence-electron chi connectivity index (χ3n) is 5.77. The number of anilines is 1. The first kappa shape index (κ1) is 34.7. The first-order valence-electron chi connectivity index (χ1n) is 13.7. The molecular formula is C29H41N5O6S2. The number of primary sulfonamides is 2. The zero-order valence-corrected chi connectivity index (χ0v) is 25.9. The van der Waals surface area contributed by atoms with Crippen LogP contribution in [-0.2, 0) is 26.6 Å². The van der Waals surface area contributed by atoms with E-state index in [1.54, 1.807) is 42.5 Å². The molecular weight excluding hydrogens is 578 g/mol. The number of carbonyl (C=O) groups excluding carboxylic acids is 1. The largest absolute Gasteiger partial charge is 0.454 e. The van der Waals surface area contributed by atoms with Crippen LogP contribution in [0.2, 0.25) is 0 Å². The van der Waals surface area contributed by atoms with Gasteiger partial charge in [-0.25, -0.2) is 27.1 Å². The van der Waals surface area contributed by atoms with Crippen LogP contribution in [0.5, 0.6) is 11.5 Å². The molecule has 3 aromatic carbocycles. The van der Waals surface area contributed by atoms with E-state index in [9.17, 15) is 21.6 Å². The molecule has 0 atom stereocenters. The van der Waals surface area contributed by atoms with E-state index < -0.39 is 20.0 Å². The maximum absolute atomic E-state index is 12.4. The molecule has 0 bridgehead atoms. The minimum Gasteiger partial charge on any atom is -0.454 e. The fraction of sp³-hybridized carbons (Fsp3) is 0.345. The Morgan fingerprint density at radius 3 is 2.14 bits per heavy atom. The van der Waals surface area contributed by atoms with Gasteiger partial charge in [0.25, 0.3) is 5.91 Å². The molecule has 0 radical (unpaired) electrons. The van der Waals surface area contributed by atoms with Crippen molar-refractivity contribution in [1.29, 1.82) is 0 Å². The third kappa shape index (κ3) is 11.4. The number of sulfonamides is 2. The van der Waals surface area contributed by atoms with Crippen LogP contribution >= 0.6 is 0 Å². The first-order valence-corrected chi connectivity index (χ1v) is 16.8. The number of hydrogen-bond donors (Lipinski definition) is 5. The predicted octanol–water partition coefficient (Wildman–Crippen LogP) is 3.92. The standard InChI is InChI=1S/C20H27N3O4S.C9H14N2O2S/c1-3-5-12-22-17-13-15(20(24)23-11-4-2)14-18(28(21,25)26)19(17)27-16-9-7-6-8-10-16;1-2-11-7-8-4-3-5-9(6-8)14(10,12)13/h6-10,13-14,22H,3-5,11-12H2,1-2H3,(H,23,24)(H2,21,25,26);3-6,11H,2,7H2,1H3,(H2,10,12,13). The molecule has 0 aliphatic rings. The zero-order chi connectivity index (χ0) is 31.2. The molecule has 230 valence electrons. The second kappa shape index (κ2) is 16.8. The Labute approximate surface area is 249 Å². The summed E-state index contributed by atoms with van der Waals surface area (Å²) in [7, 11) is -7.71. The van der Waals surface area contributed by atoms with Gasteiger partial charge < -0.3 is 20.7 Å². The van der Waals surface area contributed by atoms with Crippen LogP contribution < -0.4 is 31.0 Å². The maximum atomic E-state index is 12.4. The lowest BCUT2D eigenvalue weighted by atomic mass is 10.1. The molecule has 0 unspecified atom stereocenters. The molecule has 0 aliphatic carbocycles. The van der Waals surface area contributed by atoms with Crippen molar-refractivity contribution in [1.82, 2.24) is 10.6 Å². The topological polar surface area (TPSA) is 183 Å². The second-order valence-corrected chi connectivity index (χ2v) is 12.4. The zero-order valence-electron chi connectivity index (χ0n) is 24.2. The summed E-state index contributed by atoms with van der Waals surface area (Å²) in [6.07, 6.45) is 2.60.